The first-order valence-corrected chi connectivity index (χ1v) is 7.54. The van der Waals surface area contributed by atoms with E-state index in [4.69, 9.17) is 0 Å². The topological polar surface area (TPSA) is 66.9 Å². The summed E-state index contributed by atoms with van der Waals surface area (Å²) in [6.45, 7) is 6.93. The van der Waals surface area contributed by atoms with Crippen LogP contribution in [0.5, 0.6) is 0 Å². The molecular formula is C17H22N4O. The van der Waals surface area contributed by atoms with E-state index in [1.54, 1.807) is 6.07 Å². The van der Waals surface area contributed by atoms with Crippen molar-refractivity contribution in [2.24, 2.45) is 0 Å². The number of rotatable bonds is 6. The van der Waals surface area contributed by atoms with Crippen LogP contribution < -0.4 is 10.6 Å². The molecule has 0 atom stereocenters. The summed E-state index contributed by atoms with van der Waals surface area (Å²) in [7, 11) is 0. The third-order valence-electron chi connectivity index (χ3n) is 3.38. The molecule has 1 aromatic carbocycles. The van der Waals surface area contributed by atoms with E-state index < -0.39 is 0 Å². The Hall–Kier alpha value is -2.43. The lowest BCUT2D eigenvalue weighted by Gasteiger charge is -2.10. The highest BCUT2D eigenvalue weighted by Gasteiger charge is 2.10. The zero-order valence-electron chi connectivity index (χ0n) is 13.3. The number of hydrogen-bond donors (Lipinski definition) is 2. The van der Waals surface area contributed by atoms with Crippen LogP contribution in [-0.2, 0) is 0 Å². The Balaban J connectivity index is 2.09. The van der Waals surface area contributed by atoms with Crippen molar-refractivity contribution < 1.29 is 4.79 Å². The normalized spacial score (nSPS) is 10.3. The first-order chi connectivity index (χ1) is 10.6. The van der Waals surface area contributed by atoms with E-state index in [0.717, 1.165) is 36.2 Å². The van der Waals surface area contributed by atoms with Gasteiger partial charge in [0, 0.05) is 18.3 Å². The monoisotopic (exact) mass is 298 g/mol. The molecule has 22 heavy (non-hydrogen) atoms. The highest BCUT2D eigenvalue weighted by Crippen LogP contribution is 2.17. The summed E-state index contributed by atoms with van der Waals surface area (Å²) < 4.78 is 0. The molecule has 1 aromatic heterocycles. The Labute approximate surface area is 131 Å². The summed E-state index contributed by atoms with van der Waals surface area (Å²) in [5.74, 6) is 0.448. The van der Waals surface area contributed by atoms with E-state index in [-0.39, 0.29) is 5.91 Å². The number of carbonyl (C=O) groups is 1. The molecule has 0 aliphatic heterocycles. The van der Waals surface area contributed by atoms with Gasteiger partial charge in [-0.2, -0.15) is 0 Å². The fourth-order valence-corrected chi connectivity index (χ4v) is 2.03. The van der Waals surface area contributed by atoms with Gasteiger partial charge in [0.25, 0.3) is 5.91 Å². The number of aryl methyl sites for hydroxylation is 2. The van der Waals surface area contributed by atoms with Crippen LogP contribution in [0.4, 0.5) is 11.5 Å². The van der Waals surface area contributed by atoms with Crippen LogP contribution in [0.25, 0.3) is 0 Å². The van der Waals surface area contributed by atoms with Gasteiger partial charge in [-0.3, -0.25) is 4.79 Å². The average Bonchev–Trinajstić information content (AvgIpc) is 2.51. The van der Waals surface area contributed by atoms with Gasteiger partial charge >= 0.3 is 0 Å². The minimum Gasteiger partial charge on any atom is -0.370 e. The Bertz CT molecular complexity index is 655. The minimum absolute atomic E-state index is 0.227. The molecule has 0 saturated heterocycles. The molecule has 0 fully saturated rings. The van der Waals surface area contributed by atoms with Gasteiger partial charge in [-0.15, -0.1) is 0 Å². The van der Waals surface area contributed by atoms with Gasteiger partial charge in [-0.25, -0.2) is 9.97 Å². The number of nitrogens with one attached hydrogen (secondary N) is 2. The van der Waals surface area contributed by atoms with Crippen molar-refractivity contribution in [3.8, 4) is 0 Å². The molecule has 5 nitrogen and oxygen atoms in total. The summed E-state index contributed by atoms with van der Waals surface area (Å²) in [6, 6.07) is 7.64. The van der Waals surface area contributed by atoms with Crippen LogP contribution in [0.15, 0.2) is 30.6 Å². The summed E-state index contributed by atoms with van der Waals surface area (Å²) in [5, 5.41) is 6.10. The van der Waals surface area contributed by atoms with Gasteiger partial charge in [0.05, 0.1) is 0 Å². The number of hydrogen-bond acceptors (Lipinski definition) is 4. The predicted molar refractivity (Wildman–Crippen MR) is 89.3 cm³/mol. The summed E-state index contributed by atoms with van der Waals surface area (Å²) >= 11 is 0. The number of benzene rings is 1. The van der Waals surface area contributed by atoms with Crippen LogP contribution in [0.3, 0.4) is 0 Å². The molecule has 2 N–H and O–H groups in total. The van der Waals surface area contributed by atoms with Crippen molar-refractivity contribution in [1.29, 1.82) is 0 Å². The Morgan fingerprint density at radius 1 is 1.18 bits per heavy atom. The lowest BCUT2D eigenvalue weighted by molar-refractivity contribution is 0.102. The maximum absolute atomic E-state index is 12.3. The quantitative estimate of drug-likeness (QED) is 0.800. The second kappa shape index (κ2) is 7.54. The van der Waals surface area contributed by atoms with Crippen LogP contribution in [0.2, 0.25) is 0 Å². The average molecular weight is 298 g/mol. The number of amides is 1. The first-order valence-electron chi connectivity index (χ1n) is 7.54. The van der Waals surface area contributed by atoms with Crippen molar-refractivity contribution in [3.63, 3.8) is 0 Å². The molecule has 5 heteroatoms. The molecule has 0 spiro atoms. The van der Waals surface area contributed by atoms with Gasteiger partial charge in [-0.05, 0) is 37.5 Å². The second-order valence-electron chi connectivity index (χ2n) is 5.34. The van der Waals surface area contributed by atoms with Crippen molar-refractivity contribution in [2.45, 2.75) is 33.6 Å². The van der Waals surface area contributed by atoms with Gasteiger partial charge < -0.3 is 10.6 Å². The van der Waals surface area contributed by atoms with Crippen molar-refractivity contribution in [1.82, 2.24) is 9.97 Å². The van der Waals surface area contributed by atoms with Crippen LogP contribution in [0.1, 0.15) is 41.4 Å². The molecule has 0 bridgehead atoms. The van der Waals surface area contributed by atoms with Gasteiger partial charge in [0.2, 0.25) is 0 Å². The minimum atomic E-state index is -0.227. The van der Waals surface area contributed by atoms with Crippen molar-refractivity contribution >= 4 is 17.4 Å². The zero-order chi connectivity index (χ0) is 15.9. The maximum atomic E-state index is 12.3. The number of anilines is 2. The molecule has 0 radical (unpaired) electrons. The molecule has 116 valence electrons. The molecule has 0 saturated carbocycles. The summed E-state index contributed by atoms with van der Waals surface area (Å²) in [5.41, 5.74) is 3.29. The van der Waals surface area contributed by atoms with Gasteiger partial charge in [0.15, 0.2) is 0 Å². The molecule has 1 amide bonds. The number of aromatic nitrogens is 2. The third kappa shape index (κ3) is 4.28. The fourth-order valence-electron chi connectivity index (χ4n) is 2.03. The molecule has 0 aliphatic carbocycles. The van der Waals surface area contributed by atoms with E-state index in [9.17, 15) is 4.79 Å². The molecule has 2 aromatic rings. The lowest BCUT2D eigenvalue weighted by atomic mass is 10.1. The molecule has 1 heterocycles. The van der Waals surface area contributed by atoms with Crippen LogP contribution in [0, 0.1) is 13.8 Å². The highest BCUT2D eigenvalue weighted by molar-refractivity contribution is 6.03. The Kier molecular flexibility index (Phi) is 5.47. The van der Waals surface area contributed by atoms with Gasteiger partial charge in [0.1, 0.15) is 17.8 Å². The van der Waals surface area contributed by atoms with E-state index in [2.05, 4.69) is 27.5 Å². The number of nitrogens with zero attached hydrogens (tertiary/aromatic N) is 2. The van der Waals surface area contributed by atoms with Crippen LogP contribution >= 0.6 is 0 Å². The molecule has 0 aliphatic rings. The lowest BCUT2D eigenvalue weighted by Crippen LogP contribution is -2.15. The predicted octanol–water partition coefficient (Wildman–Crippen LogP) is 3.56. The Morgan fingerprint density at radius 3 is 2.77 bits per heavy atom. The van der Waals surface area contributed by atoms with E-state index in [1.807, 2.05) is 32.0 Å². The van der Waals surface area contributed by atoms with Crippen molar-refractivity contribution in [2.75, 3.05) is 17.2 Å². The third-order valence-corrected chi connectivity index (χ3v) is 3.38. The zero-order valence-corrected chi connectivity index (χ0v) is 13.3. The maximum Gasteiger partial charge on any atom is 0.274 e. The molecule has 0 unspecified atom stereocenters. The van der Waals surface area contributed by atoms with Crippen LogP contribution in [-0.4, -0.2) is 22.4 Å². The van der Waals surface area contributed by atoms with E-state index in [0.29, 0.717) is 11.5 Å². The summed E-state index contributed by atoms with van der Waals surface area (Å²) in [6.07, 6.45) is 3.58. The van der Waals surface area contributed by atoms with Gasteiger partial charge in [-0.1, -0.05) is 25.5 Å². The molecule has 2 rings (SSSR count). The SMILES string of the molecule is CCCCNc1cc(C(=O)Nc2cc(C)ccc2C)ncn1. The first kappa shape index (κ1) is 15.9. The van der Waals surface area contributed by atoms with E-state index >= 15 is 0 Å². The largest absolute Gasteiger partial charge is 0.370 e. The fraction of sp³-hybridized carbons (Fsp3) is 0.353. The Morgan fingerprint density at radius 2 is 2.00 bits per heavy atom. The smallest absolute Gasteiger partial charge is 0.274 e. The molecular weight excluding hydrogens is 276 g/mol. The number of unbranched alkanes of at least 4 members (excludes halogenated alkanes) is 1. The standard InChI is InChI=1S/C17H22N4O/c1-4-5-8-18-16-10-15(19-11-20-16)17(22)21-14-9-12(2)6-7-13(14)3/h6-7,9-11H,4-5,8H2,1-3H3,(H,21,22)(H,18,19,20). The van der Waals surface area contributed by atoms with Crippen molar-refractivity contribution in [3.05, 3.63) is 47.4 Å². The second-order valence-corrected chi connectivity index (χ2v) is 5.34. The summed E-state index contributed by atoms with van der Waals surface area (Å²) in [4.78, 5) is 20.5. The van der Waals surface area contributed by atoms with E-state index in [1.165, 1.54) is 6.33 Å². The highest BCUT2D eigenvalue weighted by atomic mass is 16.1. The number of carbonyl (C=O) groups excluding carboxylic acids is 1.